The van der Waals surface area contributed by atoms with E-state index >= 15 is 0 Å². The second-order valence-corrected chi connectivity index (χ2v) is 6.10. The minimum Gasteiger partial charge on any atom is -0.313 e. The largest absolute Gasteiger partial charge is 0.313 e. The number of hydrogen-bond donors (Lipinski definition) is 1. The third kappa shape index (κ3) is 4.29. The summed E-state index contributed by atoms with van der Waals surface area (Å²) in [6, 6.07) is 5.02. The van der Waals surface area contributed by atoms with Gasteiger partial charge < -0.3 is 10.2 Å². The van der Waals surface area contributed by atoms with E-state index in [2.05, 4.69) is 27.3 Å². The van der Waals surface area contributed by atoms with Gasteiger partial charge in [-0.3, -0.25) is 4.98 Å². The molecule has 2 aliphatic rings. The Labute approximate surface area is 116 Å². The maximum absolute atomic E-state index is 4.09. The molecule has 1 saturated heterocycles. The number of pyridine rings is 1. The van der Waals surface area contributed by atoms with Crippen molar-refractivity contribution < 1.29 is 0 Å². The molecule has 3 rings (SSSR count). The summed E-state index contributed by atoms with van der Waals surface area (Å²) in [5.74, 6) is 0.985. The Bertz CT molecular complexity index is 369. The molecule has 0 amide bonds. The van der Waals surface area contributed by atoms with E-state index in [1.54, 1.807) is 0 Å². The van der Waals surface area contributed by atoms with E-state index in [0.29, 0.717) is 0 Å². The quantitative estimate of drug-likeness (QED) is 0.812. The second kappa shape index (κ2) is 6.49. The Balaban J connectivity index is 1.49. The fourth-order valence-corrected chi connectivity index (χ4v) is 2.98. The molecule has 2 fully saturated rings. The molecule has 1 saturated carbocycles. The third-order valence-corrected chi connectivity index (χ3v) is 4.32. The summed E-state index contributed by atoms with van der Waals surface area (Å²) in [6.07, 6.45) is 10.6. The van der Waals surface area contributed by atoms with Gasteiger partial charge in [0, 0.05) is 38.1 Å². The molecule has 0 spiro atoms. The Morgan fingerprint density at radius 3 is 2.68 bits per heavy atom. The van der Waals surface area contributed by atoms with Gasteiger partial charge in [-0.1, -0.05) is 0 Å². The predicted molar refractivity (Wildman–Crippen MR) is 78.1 cm³/mol. The molecule has 0 aromatic carbocycles. The average molecular weight is 259 g/mol. The van der Waals surface area contributed by atoms with Gasteiger partial charge in [0.05, 0.1) is 0 Å². The van der Waals surface area contributed by atoms with Crippen LogP contribution in [0.15, 0.2) is 24.5 Å². The van der Waals surface area contributed by atoms with Crippen LogP contribution >= 0.6 is 0 Å². The lowest BCUT2D eigenvalue weighted by Crippen LogP contribution is -2.39. The van der Waals surface area contributed by atoms with Crippen LogP contribution in [0, 0.1) is 5.92 Å². The zero-order valence-corrected chi connectivity index (χ0v) is 11.7. The van der Waals surface area contributed by atoms with Crippen molar-refractivity contribution in [2.45, 2.75) is 38.1 Å². The summed E-state index contributed by atoms with van der Waals surface area (Å²) >= 11 is 0. The molecule has 1 aromatic heterocycles. The lowest BCUT2D eigenvalue weighted by molar-refractivity contribution is 0.242. The predicted octanol–water partition coefficient (Wildman–Crippen LogP) is 2.09. The van der Waals surface area contributed by atoms with Crippen molar-refractivity contribution in [3.8, 4) is 0 Å². The van der Waals surface area contributed by atoms with Gasteiger partial charge in [0.2, 0.25) is 0 Å². The minimum absolute atomic E-state index is 0.733. The van der Waals surface area contributed by atoms with Gasteiger partial charge in [-0.05, 0) is 62.3 Å². The van der Waals surface area contributed by atoms with E-state index < -0.39 is 0 Å². The zero-order chi connectivity index (χ0) is 12.9. The van der Waals surface area contributed by atoms with Crippen LogP contribution in [-0.2, 0) is 6.42 Å². The number of nitrogens with one attached hydrogen (secondary N) is 1. The fourth-order valence-electron chi connectivity index (χ4n) is 2.98. The van der Waals surface area contributed by atoms with Crippen LogP contribution in [0.1, 0.15) is 31.2 Å². The molecule has 1 aliphatic heterocycles. The van der Waals surface area contributed by atoms with Gasteiger partial charge in [-0.15, -0.1) is 0 Å². The molecule has 3 nitrogen and oxygen atoms in total. The summed E-state index contributed by atoms with van der Waals surface area (Å²) < 4.78 is 0. The highest BCUT2D eigenvalue weighted by molar-refractivity contribution is 5.10. The van der Waals surface area contributed by atoms with Crippen molar-refractivity contribution in [2.75, 3.05) is 26.2 Å². The van der Waals surface area contributed by atoms with Crippen molar-refractivity contribution in [1.29, 1.82) is 0 Å². The molecule has 19 heavy (non-hydrogen) atoms. The summed E-state index contributed by atoms with van der Waals surface area (Å²) in [5.41, 5.74) is 1.41. The standard InChI is InChI=1S/C16H25N3/c1-2-16(18-8-1)13-19(12-15-3-4-15)11-7-14-5-9-17-10-6-14/h5-6,9-10,15-16,18H,1-4,7-8,11-13H2. The smallest absolute Gasteiger partial charge is 0.0270 e. The van der Waals surface area contributed by atoms with Crippen molar-refractivity contribution in [1.82, 2.24) is 15.2 Å². The molecule has 1 atom stereocenters. The van der Waals surface area contributed by atoms with E-state index in [4.69, 9.17) is 0 Å². The van der Waals surface area contributed by atoms with Gasteiger partial charge >= 0.3 is 0 Å². The topological polar surface area (TPSA) is 28.2 Å². The molecule has 0 radical (unpaired) electrons. The monoisotopic (exact) mass is 259 g/mol. The van der Waals surface area contributed by atoms with Gasteiger partial charge in [-0.2, -0.15) is 0 Å². The minimum atomic E-state index is 0.733. The SMILES string of the molecule is c1cc(CCN(CC2CC2)CC2CCCN2)ccn1. The van der Waals surface area contributed by atoms with Crippen LogP contribution < -0.4 is 5.32 Å². The van der Waals surface area contributed by atoms with Gasteiger partial charge in [-0.25, -0.2) is 0 Å². The number of nitrogens with zero attached hydrogens (tertiary/aromatic N) is 2. The summed E-state index contributed by atoms with van der Waals surface area (Å²) in [6.45, 7) is 4.95. The first-order valence-electron chi connectivity index (χ1n) is 7.75. The summed E-state index contributed by atoms with van der Waals surface area (Å²) in [7, 11) is 0. The maximum Gasteiger partial charge on any atom is 0.0270 e. The molecular weight excluding hydrogens is 234 g/mol. The maximum atomic E-state index is 4.09. The van der Waals surface area contributed by atoms with Crippen LogP contribution in [0.25, 0.3) is 0 Å². The third-order valence-electron chi connectivity index (χ3n) is 4.32. The van der Waals surface area contributed by atoms with Crippen LogP contribution in [-0.4, -0.2) is 42.1 Å². The second-order valence-electron chi connectivity index (χ2n) is 6.10. The summed E-state index contributed by atoms with van der Waals surface area (Å²) in [4.78, 5) is 6.77. The Kier molecular flexibility index (Phi) is 4.46. The molecule has 2 heterocycles. The van der Waals surface area contributed by atoms with Crippen molar-refractivity contribution in [3.63, 3.8) is 0 Å². The van der Waals surface area contributed by atoms with E-state index in [9.17, 15) is 0 Å². The molecule has 104 valence electrons. The van der Waals surface area contributed by atoms with Crippen LogP contribution in [0.4, 0.5) is 0 Å². The van der Waals surface area contributed by atoms with Crippen molar-refractivity contribution in [2.24, 2.45) is 5.92 Å². The normalized spacial score (nSPS) is 23.1. The van der Waals surface area contributed by atoms with E-state index in [-0.39, 0.29) is 0 Å². The highest BCUT2D eigenvalue weighted by Crippen LogP contribution is 2.30. The molecule has 0 bridgehead atoms. The van der Waals surface area contributed by atoms with Gasteiger partial charge in [0.25, 0.3) is 0 Å². The molecule has 1 unspecified atom stereocenters. The molecular formula is C16H25N3. The Hall–Kier alpha value is -0.930. The van der Waals surface area contributed by atoms with E-state index in [1.807, 2.05) is 12.4 Å². The van der Waals surface area contributed by atoms with Gasteiger partial charge in [0.15, 0.2) is 0 Å². The van der Waals surface area contributed by atoms with Crippen LogP contribution in [0.3, 0.4) is 0 Å². The molecule has 1 aliphatic carbocycles. The Morgan fingerprint density at radius 1 is 1.16 bits per heavy atom. The van der Waals surface area contributed by atoms with Crippen LogP contribution in [0.5, 0.6) is 0 Å². The first-order valence-corrected chi connectivity index (χ1v) is 7.75. The summed E-state index contributed by atoms with van der Waals surface area (Å²) in [5, 5.41) is 3.63. The molecule has 3 heteroatoms. The average Bonchev–Trinajstić information content (AvgIpc) is 3.11. The van der Waals surface area contributed by atoms with E-state index in [1.165, 1.54) is 57.4 Å². The van der Waals surface area contributed by atoms with E-state index in [0.717, 1.165) is 18.4 Å². The fraction of sp³-hybridized carbons (Fsp3) is 0.688. The Morgan fingerprint density at radius 2 is 2.00 bits per heavy atom. The molecule has 1 aromatic rings. The zero-order valence-electron chi connectivity index (χ0n) is 11.7. The lowest BCUT2D eigenvalue weighted by Gasteiger charge is -2.25. The number of rotatable bonds is 7. The highest BCUT2D eigenvalue weighted by atomic mass is 15.2. The first kappa shape index (κ1) is 13.1. The van der Waals surface area contributed by atoms with Crippen molar-refractivity contribution >= 4 is 0 Å². The highest BCUT2D eigenvalue weighted by Gasteiger charge is 2.26. The first-order chi connectivity index (χ1) is 9.40. The van der Waals surface area contributed by atoms with Crippen molar-refractivity contribution in [3.05, 3.63) is 30.1 Å². The lowest BCUT2D eigenvalue weighted by atomic mass is 10.1. The number of hydrogen-bond acceptors (Lipinski definition) is 3. The number of aromatic nitrogens is 1. The molecule has 1 N–H and O–H groups in total. The van der Waals surface area contributed by atoms with Crippen LogP contribution in [0.2, 0.25) is 0 Å². The van der Waals surface area contributed by atoms with Gasteiger partial charge in [0.1, 0.15) is 0 Å².